The highest BCUT2D eigenvalue weighted by molar-refractivity contribution is 6.06. The second kappa shape index (κ2) is 1.90. The molecule has 0 aromatic heterocycles. The average Bonchev–Trinajstić information content (AvgIpc) is 2.62. The van der Waals surface area contributed by atoms with E-state index in [1.807, 2.05) is 6.92 Å². The van der Waals surface area contributed by atoms with Crippen molar-refractivity contribution in [1.82, 2.24) is 5.32 Å². The van der Waals surface area contributed by atoms with Gasteiger partial charge in [-0.1, -0.05) is 6.92 Å². The van der Waals surface area contributed by atoms with Crippen LogP contribution in [0.2, 0.25) is 0 Å². The molecule has 2 fully saturated rings. The van der Waals surface area contributed by atoms with Gasteiger partial charge in [-0.15, -0.1) is 0 Å². The van der Waals surface area contributed by atoms with Gasteiger partial charge in [-0.3, -0.25) is 14.9 Å². The maximum Gasteiger partial charge on any atom is 0.233 e. The highest BCUT2D eigenvalue weighted by atomic mass is 16.2. The number of amides is 2. The molecule has 3 nitrogen and oxygen atoms in total. The monoisotopic (exact) mass is 167 g/mol. The molecule has 66 valence electrons. The molecular formula is C9H13NO2. The minimum atomic E-state index is -0.427. The van der Waals surface area contributed by atoms with E-state index in [0.717, 1.165) is 12.8 Å². The molecule has 0 aromatic carbocycles. The van der Waals surface area contributed by atoms with E-state index in [1.165, 1.54) is 0 Å². The SMILES string of the molecule is CC1(C2(C)CC(=O)NC2=O)CC1. The van der Waals surface area contributed by atoms with Crippen LogP contribution in [0, 0.1) is 10.8 Å². The van der Waals surface area contributed by atoms with E-state index in [4.69, 9.17) is 0 Å². The van der Waals surface area contributed by atoms with E-state index in [0.29, 0.717) is 6.42 Å². The van der Waals surface area contributed by atoms with Crippen LogP contribution in [-0.2, 0) is 9.59 Å². The molecule has 0 aromatic rings. The first kappa shape index (κ1) is 7.77. The topological polar surface area (TPSA) is 46.2 Å². The maximum atomic E-state index is 11.5. The molecule has 2 rings (SSSR count). The zero-order valence-corrected chi connectivity index (χ0v) is 7.44. The second-order valence-corrected chi connectivity index (χ2v) is 4.45. The number of hydrogen-bond acceptors (Lipinski definition) is 2. The third kappa shape index (κ3) is 0.765. The van der Waals surface area contributed by atoms with Gasteiger partial charge in [-0.2, -0.15) is 0 Å². The Balaban J connectivity index is 2.31. The molecule has 1 heterocycles. The van der Waals surface area contributed by atoms with E-state index in [9.17, 15) is 9.59 Å². The van der Waals surface area contributed by atoms with Crippen LogP contribution >= 0.6 is 0 Å². The summed E-state index contributed by atoms with van der Waals surface area (Å²) in [6.07, 6.45) is 2.52. The number of carbonyl (C=O) groups excluding carboxylic acids is 2. The van der Waals surface area contributed by atoms with Crippen molar-refractivity contribution < 1.29 is 9.59 Å². The number of imide groups is 1. The number of hydrogen-bond donors (Lipinski definition) is 1. The fourth-order valence-corrected chi connectivity index (χ4v) is 1.94. The molecule has 0 spiro atoms. The molecule has 1 saturated heterocycles. The lowest BCUT2D eigenvalue weighted by Crippen LogP contribution is -2.35. The van der Waals surface area contributed by atoms with Crippen LogP contribution in [0.15, 0.2) is 0 Å². The van der Waals surface area contributed by atoms with Crippen LogP contribution in [0.4, 0.5) is 0 Å². The molecule has 2 aliphatic rings. The Hall–Kier alpha value is -0.860. The Labute approximate surface area is 71.5 Å². The molecule has 0 radical (unpaired) electrons. The lowest BCUT2D eigenvalue weighted by Gasteiger charge is -2.27. The van der Waals surface area contributed by atoms with E-state index in [1.54, 1.807) is 0 Å². The Kier molecular flexibility index (Phi) is 1.23. The summed E-state index contributed by atoms with van der Waals surface area (Å²) >= 11 is 0. The first-order valence-corrected chi connectivity index (χ1v) is 4.32. The van der Waals surface area contributed by atoms with Gasteiger partial charge in [0, 0.05) is 6.42 Å². The molecule has 0 bridgehead atoms. The van der Waals surface area contributed by atoms with Crippen molar-refractivity contribution in [1.29, 1.82) is 0 Å². The molecule has 1 aliphatic carbocycles. The summed E-state index contributed by atoms with van der Waals surface area (Å²) in [6, 6.07) is 0. The molecule has 1 saturated carbocycles. The minimum Gasteiger partial charge on any atom is -0.296 e. The lowest BCUT2D eigenvalue weighted by molar-refractivity contribution is -0.130. The zero-order chi connectivity index (χ0) is 8.98. The summed E-state index contributed by atoms with van der Waals surface area (Å²) in [5.74, 6) is -0.192. The van der Waals surface area contributed by atoms with Gasteiger partial charge < -0.3 is 0 Å². The number of rotatable bonds is 1. The van der Waals surface area contributed by atoms with Crippen molar-refractivity contribution in [3.8, 4) is 0 Å². The van der Waals surface area contributed by atoms with Gasteiger partial charge in [-0.05, 0) is 25.2 Å². The van der Waals surface area contributed by atoms with E-state index in [-0.39, 0.29) is 17.2 Å². The Morgan fingerprint density at radius 2 is 1.83 bits per heavy atom. The van der Waals surface area contributed by atoms with Gasteiger partial charge in [0.15, 0.2) is 0 Å². The Bertz CT molecular complexity index is 268. The summed E-state index contributed by atoms with van der Waals surface area (Å²) in [6.45, 7) is 3.99. The highest BCUT2D eigenvalue weighted by Gasteiger charge is 2.60. The van der Waals surface area contributed by atoms with Gasteiger partial charge in [-0.25, -0.2) is 0 Å². The van der Waals surface area contributed by atoms with Crippen LogP contribution in [0.5, 0.6) is 0 Å². The predicted octanol–water partition coefficient (Wildman–Crippen LogP) is 0.839. The molecule has 1 aliphatic heterocycles. The number of nitrogens with one attached hydrogen (secondary N) is 1. The lowest BCUT2D eigenvalue weighted by atomic mass is 9.74. The van der Waals surface area contributed by atoms with Crippen LogP contribution in [0.3, 0.4) is 0 Å². The smallest absolute Gasteiger partial charge is 0.233 e. The first-order chi connectivity index (χ1) is 5.48. The molecule has 1 N–H and O–H groups in total. The minimum absolute atomic E-state index is 0.0764. The van der Waals surface area contributed by atoms with Crippen LogP contribution in [0.1, 0.15) is 33.1 Å². The molecule has 1 unspecified atom stereocenters. The molecule has 2 amide bonds. The molecule has 3 heteroatoms. The highest BCUT2D eigenvalue weighted by Crippen LogP contribution is 2.60. The number of carbonyl (C=O) groups is 2. The average molecular weight is 167 g/mol. The summed E-state index contributed by atoms with van der Waals surface area (Å²) in [4.78, 5) is 22.5. The van der Waals surface area contributed by atoms with Crippen molar-refractivity contribution in [2.45, 2.75) is 33.1 Å². The fraction of sp³-hybridized carbons (Fsp3) is 0.778. The van der Waals surface area contributed by atoms with Crippen molar-refractivity contribution in [3.63, 3.8) is 0 Å². The Morgan fingerprint density at radius 3 is 2.17 bits per heavy atom. The van der Waals surface area contributed by atoms with Gasteiger partial charge in [0.25, 0.3) is 0 Å². The second-order valence-electron chi connectivity index (χ2n) is 4.45. The van der Waals surface area contributed by atoms with Crippen molar-refractivity contribution in [3.05, 3.63) is 0 Å². The molecule has 1 atom stereocenters. The van der Waals surface area contributed by atoms with Crippen molar-refractivity contribution in [2.24, 2.45) is 10.8 Å². The van der Waals surface area contributed by atoms with E-state index >= 15 is 0 Å². The van der Waals surface area contributed by atoms with Gasteiger partial charge in [0.1, 0.15) is 0 Å². The first-order valence-electron chi connectivity index (χ1n) is 4.32. The third-order valence-electron chi connectivity index (χ3n) is 3.60. The van der Waals surface area contributed by atoms with Gasteiger partial charge in [0.05, 0.1) is 5.41 Å². The summed E-state index contributed by atoms with van der Waals surface area (Å²) < 4.78 is 0. The Morgan fingerprint density at radius 1 is 1.25 bits per heavy atom. The van der Waals surface area contributed by atoms with Crippen LogP contribution in [-0.4, -0.2) is 11.8 Å². The predicted molar refractivity (Wildman–Crippen MR) is 43.2 cm³/mol. The summed E-state index contributed by atoms with van der Waals surface area (Å²) in [5, 5.41) is 2.38. The zero-order valence-electron chi connectivity index (χ0n) is 7.44. The summed E-state index contributed by atoms with van der Waals surface area (Å²) in [5.41, 5.74) is -0.340. The van der Waals surface area contributed by atoms with Gasteiger partial charge >= 0.3 is 0 Å². The van der Waals surface area contributed by atoms with Gasteiger partial charge in [0.2, 0.25) is 11.8 Å². The third-order valence-corrected chi connectivity index (χ3v) is 3.60. The normalized spacial score (nSPS) is 38.2. The molecule has 12 heavy (non-hydrogen) atoms. The fourth-order valence-electron chi connectivity index (χ4n) is 1.94. The van der Waals surface area contributed by atoms with E-state index in [2.05, 4.69) is 12.2 Å². The standard InChI is InChI=1S/C9H13NO2/c1-8(3-4-8)9(2)5-6(11)10-7(9)12/h3-5H2,1-2H3,(H,10,11,12). The molecular weight excluding hydrogens is 154 g/mol. The quantitative estimate of drug-likeness (QED) is 0.588. The van der Waals surface area contributed by atoms with Crippen LogP contribution < -0.4 is 5.32 Å². The van der Waals surface area contributed by atoms with Crippen LogP contribution in [0.25, 0.3) is 0 Å². The summed E-state index contributed by atoms with van der Waals surface area (Å²) in [7, 11) is 0. The van der Waals surface area contributed by atoms with Crippen molar-refractivity contribution >= 4 is 11.8 Å². The van der Waals surface area contributed by atoms with Crippen molar-refractivity contribution in [2.75, 3.05) is 0 Å². The maximum absolute atomic E-state index is 11.5. The largest absolute Gasteiger partial charge is 0.296 e. The van der Waals surface area contributed by atoms with E-state index < -0.39 is 5.41 Å².